The van der Waals surface area contributed by atoms with Crippen molar-refractivity contribution in [3.63, 3.8) is 0 Å². The molecule has 0 spiro atoms. The van der Waals surface area contributed by atoms with E-state index in [2.05, 4.69) is 5.32 Å². The van der Waals surface area contributed by atoms with Gasteiger partial charge in [-0.2, -0.15) is 0 Å². The number of hydrogen-bond acceptors (Lipinski definition) is 4. The lowest BCUT2D eigenvalue weighted by atomic mass is 10.0. The van der Waals surface area contributed by atoms with E-state index in [0.717, 1.165) is 5.56 Å². The fraction of sp³-hybridized carbons (Fsp3) is 0.533. The SMILES string of the molecule is CCC(C)(C)NC(=O)C(C)S(=O)(=O)c1ccc(C)cc1N. The smallest absolute Gasteiger partial charge is 0.238 e. The molecule has 1 unspecified atom stereocenters. The number of carbonyl (C=O) groups is 1. The Morgan fingerprint density at radius 2 is 1.95 bits per heavy atom. The third-order valence-electron chi connectivity index (χ3n) is 3.65. The second kappa shape index (κ2) is 6.05. The Labute approximate surface area is 126 Å². The van der Waals surface area contributed by atoms with Crippen LogP contribution in [0, 0.1) is 6.92 Å². The van der Waals surface area contributed by atoms with Gasteiger partial charge in [-0.25, -0.2) is 8.42 Å². The highest BCUT2D eigenvalue weighted by atomic mass is 32.2. The molecule has 0 fully saturated rings. The van der Waals surface area contributed by atoms with Gasteiger partial charge in [0.05, 0.1) is 10.6 Å². The molecule has 118 valence electrons. The second-order valence-electron chi connectivity index (χ2n) is 5.96. The van der Waals surface area contributed by atoms with Crippen molar-refractivity contribution in [1.82, 2.24) is 5.32 Å². The van der Waals surface area contributed by atoms with Gasteiger partial charge in [0.15, 0.2) is 9.84 Å². The van der Waals surface area contributed by atoms with Crippen molar-refractivity contribution < 1.29 is 13.2 Å². The molecular formula is C15H24N2O3S. The van der Waals surface area contributed by atoms with Crippen molar-refractivity contribution in [2.24, 2.45) is 0 Å². The average Bonchev–Trinajstić information content (AvgIpc) is 2.36. The summed E-state index contributed by atoms with van der Waals surface area (Å²) < 4.78 is 25.1. The van der Waals surface area contributed by atoms with Crippen LogP contribution in [0.4, 0.5) is 5.69 Å². The molecule has 1 rings (SSSR count). The molecule has 0 aliphatic rings. The van der Waals surface area contributed by atoms with E-state index >= 15 is 0 Å². The van der Waals surface area contributed by atoms with E-state index in [-0.39, 0.29) is 10.6 Å². The Hall–Kier alpha value is -1.56. The van der Waals surface area contributed by atoms with Crippen LogP contribution in [0.25, 0.3) is 0 Å². The summed E-state index contributed by atoms with van der Waals surface area (Å²) in [6.45, 7) is 8.84. The standard InChI is InChI=1S/C15H24N2O3S/c1-6-15(4,5)17-14(18)11(3)21(19,20)13-8-7-10(2)9-12(13)16/h7-9,11H,6,16H2,1-5H3,(H,17,18). The molecular weight excluding hydrogens is 288 g/mol. The van der Waals surface area contributed by atoms with Gasteiger partial charge in [-0.15, -0.1) is 0 Å². The Kier molecular flexibility index (Phi) is 5.04. The predicted octanol–water partition coefficient (Wildman–Crippen LogP) is 2.04. The summed E-state index contributed by atoms with van der Waals surface area (Å²) in [5, 5.41) is 1.57. The number of benzene rings is 1. The van der Waals surface area contributed by atoms with E-state index in [9.17, 15) is 13.2 Å². The molecule has 1 amide bonds. The summed E-state index contributed by atoms with van der Waals surface area (Å²) in [7, 11) is -3.80. The lowest BCUT2D eigenvalue weighted by Gasteiger charge is -2.26. The number of rotatable bonds is 5. The molecule has 0 aliphatic carbocycles. The minimum Gasteiger partial charge on any atom is -0.398 e. The van der Waals surface area contributed by atoms with Crippen molar-refractivity contribution >= 4 is 21.4 Å². The summed E-state index contributed by atoms with van der Waals surface area (Å²) in [6, 6.07) is 4.71. The first-order chi connectivity index (χ1) is 9.51. The first-order valence-electron chi connectivity index (χ1n) is 6.93. The van der Waals surface area contributed by atoms with Gasteiger partial charge in [-0.3, -0.25) is 4.79 Å². The van der Waals surface area contributed by atoms with Crippen LogP contribution in [-0.2, 0) is 14.6 Å². The van der Waals surface area contributed by atoms with Crippen LogP contribution in [0.2, 0.25) is 0 Å². The molecule has 21 heavy (non-hydrogen) atoms. The van der Waals surface area contributed by atoms with Crippen molar-refractivity contribution in [2.45, 2.75) is 56.7 Å². The largest absolute Gasteiger partial charge is 0.398 e. The molecule has 0 saturated carbocycles. The second-order valence-corrected chi connectivity index (χ2v) is 8.19. The zero-order chi connectivity index (χ0) is 16.4. The molecule has 1 aromatic rings. The summed E-state index contributed by atoms with van der Waals surface area (Å²) in [5.74, 6) is -0.512. The number of nitrogens with two attached hydrogens (primary N) is 1. The fourth-order valence-electron chi connectivity index (χ4n) is 1.78. The van der Waals surface area contributed by atoms with Crippen LogP contribution in [-0.4, -0.2) is 25.1 Å². The van der Waals surface area contributed by atoms with Crippen LogP contribution >= 0.6 is 0 Å². The van der Waals surface area contributed by atoms with E-state index in [1.807, 2.05) is 27.7 Å². The maximum absolute atomic E-state index is 12.5. The van der Waals surface area contributed by atoms with Crippen LogP contribution in [0.15, 0.2) is 23.1 Å². The number of nitrogens with one attached hydrogen (secondary N) is 1. The lowest BCUT2D eigenvalue weighted by Crippen LogP contribution is -2.48. The first-order valence-corrected chi connectivity index (χ1v) is 8.48. The highest BCUT2D eigenvalue weighted by molar-refractivity contribution is 7.93. The van der Waals surface area contributed by atoms with Gasteiger partial charge in [-0.05, 0) is 51.8 Å². The van der Waals surface area contributed by atoms with E-state index in [0.29, 0.717) is 6.42 Å². The summed E-state index contributed by atoms with van der Waals surface area (Å²) in [6.07, 6.45) is 0.707. The van der Waals surface area contributed by atoms with E-state index in [4.69, 9.17) is 5.73 Å². The van der Waals surface area contributed by atoms with Crippen molar-refractivity contribution in [3.05, 3.63) is 23.8 Å². The summed E-state index contributed by atoms with van der Waals surface area (Å²) in [5.41, 5.74) is 6.38. The van der Waals surface area contributed by atoms with Crippen molar-refractivity contribution in [2.75, 3.05) is 5.73 Å². The number of sulfone groups is 1. The molecule has 0 aromatic heterocycles. The monoisotopic (exact) mass is 312 g/mol. The summed E-state index contributed by atoms with van der Waals surface area (Å²) in [4.78, 5) is 12.2. The molecule has 1 atom stereocenters. The molecule has 0 aliphatic heterocycles. The Balaban J connectivity index is 3.10. The molecule has 0 saturated heterocycles. The normalized spacial score (nSPS) is 13.8. The number of amides is 1. The zero-order valence-electron chi connectivity index (χ0n) is 13.2. The fourth-order valence-corrected chi connectivity index (χ4v) is 3.15. The number of carbonyl (C=O) groups excluding carboxylic acids is 1. The van der Waals surface area contributed by atoms with E-state index in [1.54, 1.807) is 12.1 Å². The average molecular weight is 312 g/mol. The van der Waals surface area contributed by atoms with E-state index in [1.165, 1.54) is 13.0 Å². The lowest BCUT2D eigenvalue weighted by molar-refractivity contribution is -0.122. The zero-order valence-corrected chi connectivity index (χ0v) is 14.0. The Morgan fingerprint density at radius 1 is 1.38 bits per heavy atom. The van der Waals surface area contributed by atoms with Crippen LogP contribution in [0.5, 0.6) is 0 Å². The van der Waals surface area contributed by atoms with Gasteiger partial charge < -0.3 is 11.1 Å². The third-order valence-corrected chi connectivity index (χ3v) is 5.78. The maximum atomic E-state index is 12.5. The van der Waals surface area contributed by atoms with Crippen LogP contribution in [0.1, 0.15) is 39.7 Å². The van der Waals surface area contributed by atoms with Crippen LogP contribution in [0.3, 0.4) is 0 Å². The molecule has 6 heteroatoms. The molecule has 5 nitrogen and oxygen atoms in total. The highest BCUT2D eigenvalue weighted by Crippen LogP contribution is 2.24. The quantitative estimate of drug-likeness (QED) is 0.814. The minimum absolute atomic E-state index is 0.00468. The molecule has 0 bridgehead atoms. The number of aryl methyl sites for hydroxylation is 1. The van der Waals surface area contributed by atoms with E-state index < -0.39 is 26.5 Å². The van der Waals surface area contributed by atoms with Crippen LogP contribution < -0.4 is 11.1 Å². The minimum atomic E-state index is -3.80. The molecule has 0 radical (unpaired) electrons. The number of nitrogen functional groups attached to an aromatic ring is 1. The topological polar surface area (TPSA) is 89.3 Å². The van der Waals surface area contributed by atoms with Gasteiger partial charge in [-0.1, -0.05) is 13.0 Å². The summed E-state index contributed by atoms with van der Waals surface area (Å²) >= 11 is 0. The third kappa shape index (κ3) is 3.97. The van der Waals surface area contributed by atoms with Gasteiger partial charge >= 0.3 is 0 Å². The molecule has 3 N–H and O–H groups in total. The molecule has 1 aromatic carbocycles. The van der Waals surface area contributed by atoms with Crippen molar-refractivity contribution in [3.8, 4) is 0 Å². The predicted molar refractivity (Wildman–Crippen MR) is 84.8 cm³/mol. The van der Waals surface area contributed by atoms with Gasteiger partial charge in [0.2, 0.25) is 5.91 Å². The van der Waals surface area contributed by atoms with Crippen molar-refractivity contribution in [1.29, 1.82) is 0 Å². The number of hydrogen-bond donors (Lipinski definition) is 2. The highest BCUT2D eigenvalue weighted by Gasteiger charge is 2.33. The number of anilines is 1. The van der Waals surface area contributed by atoms with Gasteiger partial charge in [0.1, 0.15) is 5.25 Å². The Morgan fingerprint density at radius 3 is 2.43 bits per heavy atom. The first kappa shape index (κ1) is 17.5. The maximum Gasteiger partial charge on any atom is 0.238 e. The molecule has 0 heterocycles. The van der Waals surface area contributed by atoms with Gasteiger partial charge in [0, 0.05) is 5.54 Å². The Bertz CT molecular complexity index is 636. The van der Waals surface area contributed by atoms with Gasteiger partial charge in [0.25, 0.3) is 0 Å².